The van der Waals surface area contributed by atoms with E-state index in [0.717, 1.165) is 4.78 Å². The fourth-order valence-corrected chi connectivity index (χ4v) is 3.55. The first-order valence-electron chi connectivity index (χ1n) is 6.36. The van der Waals surface area contributed by atoms with Crippen LogP contribution in [0.15, 0.2) is 28.3 Å². The fourth-order valence-electron chi connectivity index (χ4n) is 2.02. The van der Waals surface area contributed by atoms with Gasteiger partial charge < -0.3 is 9.31 Å². The highest BCUT2D eigenvalue weighted by atomic mass is 32.1. The molecule has 1 aliphatic rings. The molecular weight excluding hydrogens is 275 g/mol. The second-order valence-electron chi connectivity index (χ2n) is 5.84. The molecule has 0 bridgehead atoms. The summed E-state index contributed by atoms with van der Waals surface area (Å²) in [5, 5.41) is 6.43. The molecule has 0 aliphatic carbocycles. The highest BCUT2D eigenvalue weighted by molar-refractivity contribution is 7.21. The second kappa shape index (κ2) is 4.45. The van der Waals surface area contributed by atoms with Gasteiger partial charge in [0.25, 0.3) is 0 Å². The number of hydrogen-bond acceptors (Lipinski definition) is 4. The molecule has 1 saturated heterocycles. The van der Waals surface area contributed by atoms with Crippen molar-refractivity contribution in [3.63, 3.8) is 0 Å². The Kier molecular flexibility index (Phi) is 3.13. The van der Waals surface area contributed by atoms with Crippen LogP contribution in [0.2, 0.25) is 0 Å². The highest BCUT2D eigenvalue weighted by Gasteiger charge is 2.52. The van der Waals surface area contributed by atoms with Gasteiger partial charge in [-0.3, -0.25) is 0 Å². The van der Waals surface area contributed by atoms with Gasteiger partial charge in [-0.05, 0) is 67.1 Å². The third-order valence-electron chi connectivity index (χ3n) is 3.96. The van der Waals surface area contributed by atoms with E-state index in [9.17, 15) is 0 Å². The fraction of sp³-hybridized carbons (Fsp3) is 0.429. The van der Waals surface area contributed by atoms with Gasteiger partial charge in [-0.2, -0.15) is 22.7 Å². The molecule has 0 unspecified atom stereocenters. The van der Waals surface area contributed by atoms with Crippen molar-refractivity contribution in [2.24, 2.45) is 0 Å². The van der Waals surface area contributed by atoms with E-state index in [1.807, 2.05) is 0 Å². The van der Waals surface area contributed by atoms with E-state index in [1.54, 1.807) is 22.7 Å². The molecule has 3 heterocycles. The quantitative estimate of drug-likeness (QED) is 0.784. The summed E-state index contributed by atoms with van der Waals surface area (Å²) in [6.07, 6.45) is 0. The minimum atomic E-state index is -0.274. The van der Waals surface area contributed by atoms with E-state index in [1.165, 1.54) is 11.1 Å². The largest absolute Gasteiger partial charge is 0.505 e. The molecule has 2 aromatic rings. The zero-order valence-corrected chi connectivity index (χ0v) is 13.2. The Morgan fingerprint density at radius 3 is 2.26 bits per heavy atom. The molecule has 19 heavy (non-hydrogen) atoms. The van der Waals surface area contributed by atoms with E-state index >= 15 is 0 Å². The molecule has 0 atom stereocenters. The van der Waals surface area contributed by atoms with Crippen LogP contribution >= 0.6 is 22.7 Å². The summed E-state index contributed by atoms with van der Waals surface area (Å²) in [5.74, 6) is 0. The lowest BCUT2D eigenvalue weighted by molar-refractivity contribution is 0.00578. The predicted octanol–water partition coefficient (Wildman–Crippen LogP) is 3.78. The number of hydrogen-bond donors (Lipinski definition) is 0. The summed E-state index contributed by atoms with van der Waals surface area (Å²) in [6.45, 7) is 8.33. The van der Waals surface area contributed by atoms with E-state index < -0.39 is 0 Å². The van der Waals surface area contributed by atoms with Crippen molar-refractivity contribution in [2.75, 3.05) is 0 Å². The predicted molar refractivity (Wildman–Crippen MR) is 83.3 cm³/mol. The Balaban J connectivity index is 1.85. The van der Waals surface area contributed by atoms with Crippen LogP contribution in [0.25, 0.3) is 11.1 Å². The Labute approximate surface area is 122 Å². The first-order valence-corrected chi connectivity index (χ1v) is 8.18. The maximum Gasteiger partial charge on any atom is 0.505 e. The van der Waals surface area contributed by atoms with Crippen molar-refractivity contribution in [3.8, 4) is 11.1 Å². The topological polar surface area (TPSA) is 18.5 Å². The molecule has 100 valence electrons. The van der Waals surface area contributed by atoms with Crippen LogP contribution in [0.5, 0.6) is 0 Å². The van der Waals surface area contributed by atoms with Crippen LogP contribution in [0.1, 0.15) is 27.7 Å². The Bertz CT molecular complexity index is 556. The maximum absolute atomic E-state index is 6.07. The zero-order chi connectivity index (χ0) is 13.7. The molecular formula is C14H17BO2S2. The van der Waals surface area contributed by atoms with Gasteiger partial charge in [0, 0.05) is 4.78 Å². The molecule has 0 radical (unpaired) electrons. The standard InChI is InChI=1S/C14H17BO2S2/c1-13(2)14(3,4)17-15(16-13)12-7-11(9-19-12)10-5-6-18-8-10/h5-9H,1-4H3. The van der Waals surface area contributed by atoms with Crippen molar-refractivity contribution in [3.05, 3.63) is 28.3 Å². The van der Waals surface area contributed by atoms with Crippen molar-refractivity contribution < 1.29 is 9.31 Å². The minimum Gasteiger partial charge on any atom is -0.399 e. The average molecular weight is 292 g/mol. The first kappa shape index (κ1) is 13.4. The van der Waals surface area contributed by atoms with E-state index in [-0.39, 0.29) is 18.3 Å². The van der Waals surface area contributed by atoms with Crippen LogP contribution in [0.3, 0.4) is 0 Å². The van der Waals surface area contributed by atoms with Crippen LogP contribution in [-0.2, 0) is 9.31 Å². The van der Waals surface area contributed by atoms with Crippen LogP contribution in [-0.4, -0.2) is 18.3 Å². The zero-order valence-electron chi connectivity index (χ0n) is 11.6. The van der Waals surface area contributed by atoms with E-state index in [4.69, 9.17) is 9.31 Å². The molecule has 1 fully saturated rings. The molecule has 1 aliphatic heterocycles. The van der Waals surface area contributed by atoms with Crippen molar-refractivity contribution in [1.29, 1.82) is 0 Å². The summed E-state index contributed by atoms with van der Waals surface area (Å²) < 4.78 is 13.3. The minimum absolute atomic E-state index is 0.248. The summed E-state index contributed by atoms with van der Waals surface area (Å²) >= 11 is 3.42. The van der Waals surface area contributed by atoms with Crippen LogP contribution < -0.4 is 4.78 Å². The molecule has 0 N–H and O–H groups in total. The Hall–Kier alpha value is -0.615. The van der Waals surface area contributed by atoms with Gasteiger partial charge >= 0.3 is 7.12 Å². The summed E-state index contributed by atoms with van der Waals surface area (Å²) in [7, 11) is -0.248. The van der Waals surface area contributed by atoms with Gasteiger partial charge in [0.15, 0.2) is 0 Å². The van der Waals surface area contributed by atoms with Crippen molar-refractivity contribution in [2.45, 2.75) is 38.9 Å². The first-order chi connectivity index (χ1) is 8.89. The van der Waals surface area contributed by atoms with Crippen LogP contribution in [0, 0.1) is 0 Å². The van der Waals surface area contributed by atoms with Gasteiger partial charge in [0.1, 0.15) is 0 Å². The Morgan fingerprint density at radius 2 is 1.68 bits per heavy atom. The van der Waals surface area contributed by atoms with Crippen molar-refractivity contribution in [1.82, 2.24) is 0 Å². The normalized spacial score (nSPS) is 20.9. The second-order valence-corrected chi connectivity index (χ2v) is 7.56. The third kappa shape index (κ3) is 2.29. The summed E-state index contributed by atoms with van der Waals surface area (Å²) in [4.78, 5) is 0. The monoisotopic (exact) mass is 292 g/mol. The number of rotatable bonds is 2. The molecule has 0 amide bonds. The SMILES string of the molecule is CC1(C)OB(c2cc(-c3ccsc3)cs2)OC1(C)C. The van der Waals surface area contributed by atoms with Gasteiger partial charge in [-0.25, -0.2) is 0 Å². The molecule has 3 rings (SSSR count). The maximum atomic E-state index is 6.07. The molecule has 0 spiro atoms. The lowest BCUT2D eigenvalue weighted by Crippen LogP contribution is -2.41. The Morgan fingerprint density at radius 1 is 1.00 bits per heavy atom. The smallest absolute Gasteiger partial charge is 0.399 e. The number of thiophene rings is 2. The summed E-state index contributed by atoms with van der Waals surface area (Å²) in [5.41, 5.74) is 1.97. The van der Waals surface area contributed by atoms with E-state index in [2.05, 4.69) is 56.0 Å². The lowest BCUT2D eigenvalue weighted by atomic mass is 9.87. The molecule has 0 aromatic carbocycles. The molecule has 5 heteroatoms. The van der Waals surface area contributed by atoms with Gasteiger partial charge in [0.2, 0.25) is 0 Å². The average Bonchev–Trinajstić information content (AvgIpc) is 3.00. The third-order valence-corrected chi connectivity index (χ3v) is 5.60. The highest BCUT2D eigenvalue weighted by Crippen LogP contribution is 2.37. The molecule has 0 saturated carbocycles. The van der Waals surface area contributed by atoms with E-state index in [0.29, 0.717) is 0 Å². The van der Waals surface area contributed by atoms with Gasteiger partial charge in [-0.1, -0.05) is 0 Å². The molecule has 2 aromatic heterocycles. The lowest BCUT2D eigenvalue weighted by Gasteiger charge is -2.32. The van der Waals surface area contributed by atoms with Crippen LogP contribution in [0.4, 0.5) is 0 Å². The van der Waals surface area contributed by atoms with Gasteiger partial charge in [0.05, 0.1) is 11.2 Å². The summed E-state index contributed by atoms with van der Waals surface area (Å²) in [6, 6.07) is 4.32. The molecule has 2 nitrogen and oxygen atoms in total. The van der Waals surface area contributed by atoms with Crippen molar-refractivity contribution >= 4 is 34.6 Å². The van der Waals surface area contributed by atoms with Gasteiger partial charge in [-0.15, -0.1) is 0 Å².